The quantitative estimate of drug-likeness (QED) is 0.927. The molecule has 0 aliphatic carbocycles. The van der Waals surface area contributed by atoms with Crippen molar-refractivity contribution in [2.24, 2.45) is 0 Å². The molecule has 0 radical (unpaired) electrons. The van der Waals surface area contributed by atoms with Crippen LogP contribution in [0, 0.1) is 0 Å². The Balaban J connectivity index is 2.32. The topological polar surface area (TPSA) is 68.9 Å². The first-order valence-electron chi connectivity index (χ1n) is 5.86. The minimum atomic E-state index is -0.483. The fourth-order valence-corrected chi connectivity index (χ4v) is 1.67. The van der Waals surface area contributed by atoms with E-state index in [2.05, 4.69) is 0 Å². The Morgan fingerprint density at radius 2 is 1.85 bits per heavy atom. The smallest absolute Gasteiger partial charge is 0.227 e. The number of benzene rings is 1. The zero-order valence-corrected chi connectivity index (χ0v) is 11.1. The lowest BCUT2D eigenvalue weighted by Gasteiger charge is -2.07. The summed E-state index contributed by atoms with van der Waals surface area (Å²) in [5, 5.41) is 9.56. The van der Waals surface area contributed by atoms with Crippen molar-refractivity contribution in [3.8, 4) is 17.2 Å². The van der Waals surface area contributed by atoms with Gasteiger partial charge < -0.3 is 19.0 Å². The average Bonchev–Trinajstić information content (AvgIpc) is 2.48. The highest BCUT2D eigenvalue weighted by molar-refractivity contribution is 5.70. The average molecular weight is 274 g/mol. The molecule has 0 saturated carbocycles. The third-order valence-electron chi connectivity index (χ3n) is 2.72. The van der Waals surface area contributed by atoms with Crippen LogP contribution in [0.25, 0.3) is 12.2 Å². The van der Waals surface area contributed by atoms with Gasteiger partial charge in [0, 0.05) is 6.07 Å². The van der Waals surface area contributed by atoms with Gasteiger partial charge >= 0.3 is 0 Å². The van der Waals surface area contributed by atoms with Gasteiger partial charge in [0.25, 0.3) is 0 Å². The molecule has 0 amide bonds. The number of ether oxygens (including phenoxy) is 2. The van der Waals surface area contributed by atoms with Crippen LogP contribution in [0.4, 0.5) is 0 Å². The van der Waals surface area contributed by atoms with Crippen molar-refractivity contribution in [3.63, 3.8) is 0 Å². The van der Waals surface area contributed by atoms with Crippen LogP contribution >= 0.6 is 0 Å². The largest absolute Gasteiger partial charge is 0.502 e. The minimum absolute atomic E-state index is 0.104. The van der Waals surface area contributed by atoms with E-state index in [4.69, 9.17) is 13.9 Å². The van der Waals surface area contributed by atoms with Gasteiger partial charge in [-0.15, -0.1) is 0 Å². The second kappa shape index (κ2) is 5.97. The number of hydrogen-bond acceptors (Lipinski definition) is 5. The molecule has 5 heteroatoms. The second-order valence-electron chi connectivity index (χ2n) is 3.95. The first-order chi connectivity index (χ1) is 9.65. The van der Waals surface area contributed by atoms with E-state index in [1.165, 1.54) is 12.3 Å². The molecule has 104 valence electrons. The standard InChI is InChI=1S/C15H14O5/c1-18-12-5-3-10(9-14(12)19-2)4-6-13-15(17)11(16)7-8-20-13/h3-9,17H,1-2H3/b6-4+. The van der Waals surface area contributed by atoms with Crippen LogP contribution in [-0.4, -0.2) is 19.3 Å². The maximum Gasteiger partial charge on any atom is 0.227 e. The first kappa shape index (κ1) is 13.7. The lowest BCUT2D eigenvalue weighted by molar-refractivity contribution is 0.355. The van der Waals surface area contributed by atoms with E-state index in [1.807, 2.05) is 6.07 Å². The van der Waals surface area contributed by atoms with Crippen molar-refractivity contribution < 1.29 is 19.0 Å². The van der Waals surface area contributed by atoms with E-state index in [1.54, 1.807) is 32.4 Å². The van der Waals surface area contributed by atoms with E-state index < -0.39 is 11.2 Å². The molecule has 20 heavy (non-hydrogen) atoms. The first-order valence-corrected chi connectivity index (χ1v) is 5.86. The van der Waals surface area contributed by atoms with Crippen LogP contribution < -0.4 is 14.9 Å². The summed E-state index contributed by atoms with van der Waals surface area (Å²) in [6, 6.07) is 6.51. The van der Waals surface area contributed by atoms with Crippen molar-refractivity contribution in [2.75, 3.05) is 14.2 Å². The highest BCUT2D eigenvalue weighted by Gasteiger charge is 2.05. The van der Waals surface area contributed by atoms with Crippen molar-refractivity contribution in [2.45, 2.75) is 0 Å². The molecular formula is C15H14O5. The van der Waals surface area contributed by atoms with Crippen LogP contribution in [0.5, 0.6) is 17.2 Å². The molecule has 1 aromatic carbocycles. The third-order valence-corrected chi connectivity index (χ3v) is 2.72. The molecular weight excluding hydrogens is 260 g/mol. The lowest BCUT2D eigenvalue weighted by atomic mass is 10.1. The van der Waals surface area contributed by atoms with Gasteiger partial charge in [-0.2, -0.15) is 0 Å². The Hall–Kier alpha value is -2.69. The molecule has 0 aliphatic heterocycles. The van der Waals surface area contributed by atoms with Gasteiger partial charge in [0.15, 0.2) is 17.3 Å². The molecule has 0 unspecified atom stereocenters. The van der Waals surface area contributed by atoms with Crippen molar-refractivity contribution in [1.29, 1.82) is 0 Å². The molecule has 2 rings (SSSR count). The number of hydrogen-bond donors (Lipinski definition) is 1. The van der Waals surface area contributed by atoms with Crippen LogP contribution in [0.3, 0.4) is 0 Å². The molecule has 0 saturated heterocycles. The van der Waals surface area contributed by atoms with E-state index >= 15 is 0 Å². The van der Waals surface area contributed by atoms with E-state index in [0.29, 0.717) is 11.5 Å². The monoisotopic (exact) mass is 274 g/mol. The summed E-state index contributed by atoms with van der Waals surface area (Å²) in [5.74, 6) is 0.906. The fourth-order valence-electron chi connectivity index (χ4n) is 1.67. The highest BCUT2D eigenvalue weighted by Crippen LogP contribution is 2.28. The van der Waals surface area contributed by atoms with Crippen molar-refractivity contribution in [1.82, 2.24) is 0 Å². The lowest BCUT2D eigenvalue weighted by Crippen LogP contribution is -1.97. The van der Waals surface area contributed by atoms with Gasteiger partial charge in [-0.1, -0.05) is 12.1 Å². The minimum Gasteiger partial charge on any atom is -0.502 e. The Labute approximate surface area is 115 Å². The normalized spacial score (nSPS) is 10.7. The van der Waals surface area contributed by atoms with E-state index in [0.717, 1.165) is 11.6 Å². The summed E-state index contributed by atoms with van der Waals surface area (Å²) in [5.41, 5.74) is 0.330. The van der Waals surface area contributed by atoms with Gasteiger partial charge in [-0.05, 0) is 23.8 Å². The Morgan fingerprint density at radius 3 is 2.55 bits per heavy atom. The summed E-state index contributed by atoms with van der Waals surface area (Å²) in [6.45, 7) is 0. The molecule has 0 fully saturated rings. The molecule has 1 heterocycles. The second-order valence-corrected chi connectivity index (χ2v) is 3.95. The fraction of sp³-hybridized carbons (Fsp3) is 0.133. The zero-order valence-electron chi connectivity index (χ0n) is 11.1. The van der Waals surface area contributed by atoms with Crippen LogP contribution in [0.2, 0.25) is 0 Å². The van der Waals surface area contributed by atoms with Crippen LogP contribution in [0.15, 0.2) is 39.7 Å². The van der Waals surface area contributed by atoms with E-state index in [9.17, 15) is 9.90 Å². The molecule has 0 aliphatic rings. The predicted molar refractivity (Wildman–Crippen MR) is 75.1 cm³/mol. The maximum atomic E-state index is 11.3. The summed E-state index contributed by atoms with van der Waals surface area (Å²) in [7, 11) is 3.11. The molecule has 5 nitrogen and oxygen atoms in total. The molecule has 0 bridgehead atoms. The van der Waals surface area contributed by atoms with Gasteiger partial charge in [0.2, 0.25) is 11.2 Å². The zero-order chi connectivity index (χ0) is 14.5. The maximum absolute atomic E-state index is 11.3. The Morgan fingerprint density at radius 1 is 1.10 bits per heavy atom. The predicted octanol–water partition coefficient (Wildman–Crippen LogP) is 2.53. The van der Waals surface area contributed by atoms with Crippen LogP contribution in [-0.2, 0) is 0 Å². The Kier molecular flexibility index (Phi) is 4.10. The van der Waals surface area contributed by atoms with Gasteiger partial charge in [0.1, 0.15) is 0 Å². The Bertz CT molecular complexity index is 685. The van der Waals surface area contributed by atoms with Crippen molar-refractivity contribution in [3.05, 3.63) is 52.1 Å². The van der Waals surface area contributed by atoms with E-state index in [-0.39, 0.29) is 5.76 Å². The number of methoxy groups -OCH3 is 2. The number of rotatable bonds is 4. The van der Waals surface area contributed by atoms with Crippen molar-refractivity contribution >= 4 is 12.2 Å². The summed E-state index contributed by atoms with van der Waals surface area (Å²) < 4.78 is 15.4. The molecule has 2 aromatic rings. The molecule has 1 aromatic heterocycles. The molecule has 0 atom stereocenters. The van der Waals surface area contributed by atoms with Gasteiger partial charge in [-0.3, -0.25) is 4.79 Å². The highest BCUT2D eigenvalue weighted by atomic mass is 16.5. The van der Waals surface area contributed by atoms with Gasteiger partial charge in [-0.25, -0.2) is 0 Å². The van der Waals surface area contributed by atoms with Gasteiger partial charge in [0.05, 0.1) is 20.5 Å². The summed E-state index contributed by atoms with van der Waals surface area (Å²) in [6.07, 6.45) is 4.44. The van der Waals surface area contributed by atoms with Crippen LogP contribution in [0.1, 0.15) is 11.3 Å². The summed E-state index contributed by atoms with van der Waals surface area (Å²) >= 11 is 0. The summed E-state index contributed by atoms with van der Waals surface area (Å²) in [4.78, 5) is 11.3. The molecule has 0 spiro atoms. The number of aromatic hydroxyl groups is 1. The third kappa shape index (κ3) is 2.83. The SMILES string of the molecule is COc1ccc(/C=C/c2occc(=O)c2O)cc1OC. The molecule has 1 N–H and O–H groups in total.